The van der Waals surface area contributed by atoms with Gasteiger partial charge in [-0.25, -0.2) is 15.2 Å². The second-order valence-electron chi connectivity index (χ2n) is 4.72. The van der Waals surface area contributed by atoms with Gasteiger partial charge in [-0.3, -0.25) is 5.21 Å². The van der Waals surface area contributed by atoms with Crippen LogP contribution >= 0.6 is 0 Å². The number of fused-ring (bicyclic) bond motifs is 1. The second kappa shape index (κ2) is 5.87. The maximum absolute atomic E-state index is 9.12. The van der Waals surface area contributed by atoms with Crippen LogP contribution < -0.4 is 22.0 Å². The lowest BCUT2D eigenvalue weighted by Gasteiger charge is -2.09. The van der Waals surface area contributed by atoms with Crippen molar-refractivity contribution in [3.05, 3.63) is 36.2 Å². The number of nitrogens with one attached hydrogen (secondary N) is 1. The van der Waals surface area contributed by atoms with Crippen molar-refractivity contribution in [1.82, 2.24) is 19.9 Å². The van der Waals surface area contributed by atoms with Crippen molar-refractivity contribution in [3.63, 3.8) is 0 Å². The molecule has 0 amide bonds. The molecule has 3 rings (SSSR count). The minimum atomic E-state index is 0.0518. The van der Waals surface area contributed by atoms with Crippen LogP contribution in [0.2, 0.25) is 0 Å². The van der Waals surface area contributed by atoms with Crippen molar-refractivity contribution < 1.29 is 10.4 Å². The van der Waals surface area contributed by atoms with E-state index in [-0.39, 0.29) is 11.8 Å². The van der Waals surface area contributed by atoms with E-state index in [0.29, 0.717) is 34.3 Å². The molecule has 0 radical (unpaired) electrons. The summed E-state index contributed by atoms with van der Waals surface area (Å²) in [6, 6.07) is 6.76. The van der Waals surface area contributed by atoms with E-state index in [1.807, 2.05) is 0 Å². The highest BCUT2D eigenvalue weighted by molar-refractivity contribution is 5.81. The van der Waals surface area contributed by atoms with Crippen LogP contribution in [-0.2, 0) is 6.54 Å². The minimum absolute atomic E-state index is 0.0518. The fourth-order valence-corrected chi connectivity index (χ4v) is 2.01. The van der Waals surface area contributed by atoms with Crippen LogP contribution in [0.3, 0.4) is 0 Å². The molecule has 0 spiro atoms. The van der Waals surface area contributed by atoms with Crippen LogP contribution in [0.5, 0.6) is 0 Å². The van der Waals surface area contributed by atoms with Crippen LogP contribution in [0, 0.1) is 0 Å². The molecule has 23 heavy (non-hydrogen) atoms. The topological polar surface area (TPSA) is 162 Å². The fourth-order valence-electron chi connectivity index (χ4n) is 2.01. The number of hydrogen-bond donors (Lipinski definition) is 4. The molecule has 0 bridgehead atoms. The van der Waals surface area contributed by atoms with E-state index < -0.39 is 0 Å². The van der Waals surface area contributed by atoms with E-state index in [4.69, 9.17) is 21.9 Å². The molecule has 2 aromatic heterocycles. The SMILES string of the molecule is Nc1nc(N)c2nc(CNc3cccc(N(O)[OH2+])c3)cnc2n1. The molecule has 0 unspecified atom stereocenters. The van der Waals surface area contributed by atoms with Gasteiger partial charge in [-0.1, -0.05) is 6.07 Å². The molecule has 0 aliphatic heterocycles. The predicted octanol–water partition coefficient (Wildman–Crippen LogP) is 0.0315. The monoisotopic (exact) mass is 315 g/mol. The van der Waals surface area contributed by atoms with Gasteiger partial charge in [0.2, 0.25) is 5.95 Å². The highest BCUT2D eigenvalue weighted by Gasteiger charge is 2.08. The highest BCUT2D eigenvalue weighted by atomic mass is 16.8. The third-order valence-corrected chi connectivity index (χ3v) is 3.07. The number of nitrogens with two attached hydrogens (primary N) is 2. The van der Waals surface area contributed by atoms with Crippen molar-refractivity contribution in [2.75, 3.05) is 22.0 Å². The smallest absolute Gasteiger partial charge is 0.224 e. The highest BCUT2D eigenvalue weighted by Crippen LogP contribution is 2.18. The van der Waals surface area contributed by atoms with E-state index in [1.54, 1.807) is 30.5 Å². The molecule has 0 saturated heterocycles. The molecule has 118 valence electrons. The number of hydrogen-bond acceptors (Lipinski definition) is 9. The number of aromatic nitrogens is 4. The summed E-state index contributed by atoms with van der Waals surface area (Å²) < 4.78 is 0. The Kier molecular flexibility index (Phi) is 3.75. The first-order valence-electron chi connectivity index (χ1n) is 6.62. The molecule has 1 aromatic carbocycles. The zero-order valence-corrected chi connectivity index (χ0v) is 11.9. The lowest BCUT2D eigenvalue weighted by atomic mass is 10.2. The van der Waals surface area contributed by atoms with Crippen molar-refractivity contribution in [1.29, 1.82) is 0 Å². The van der Waals surface area contributed by atoms with Crippen molar-refractivity contribution >= 4 is 34.3 Å². The number of anilines is 4. The van der Waals surface area contributed by atoms with Crippen molar-refractivity contribution in [3.8, 4) is 0 Å². The van der Waals surface area contributed by atoms with Gasteiger partial charge >= 0.3 is 0 Å². The van der Waals surface area contributed by atoms with Gasteiger partial charge in [0.25, 0.3) is 0 Å². The standard InChI is InChI=1S/C13H14N8O2/c14-11-10-12(20-13(15)19-11)17-6-8(18-10)5-16-7-2-1-3-9(4-7)21(22)23/h1-4,6,16,22-23H,5H2,(H4,14,15,17,19,20)/p+1. The van der Waals surface area contributed by atoms with E-state index in [2.05, 4.69) is 25.3 Å². The third kappa shape index (κ3) is 3.17. The molecular formula is C13H15N8O2+. The summed E-state index contributed by atoms with van der Waals surface area (Å²) in [5.74, 6) is 0.227. The molecule has 0 saturated carbocycles. The molecule has 10 nitrogen and oxygen atoms in total. The van der Waals surface area contributed by atoms with Crippen LogP contribution in [0.4, 0.5) is 23.1 Å². The molecule has 2 heterocycles. The average molecular weight is 315 g/mol. The maximum Gasteiger partial charge on any atom is 0.224 e. The molecule has 0 aliphatic rings. The number of nitrogens with zero attached hydrogens (tertiary/aromatic N) is 5. The van der Waals surface area contributed by atoms with Gasteiger partial charge in [0, 0.05) is 5.69 Å². The van der Waals surface area contributed by atoms with Gasteiger partial charge < -0.3 is 16.8 Å². The lowest BCUT2D eigenvalue weighted by Crippen LogP contribution is -2.11. The van der Waals surface area contributed by atoms with E-state index in [0.717, 1.165) is 5.69 Å². The predicted molar refractivity (Wildman–Crippen MR) is 85.6 cm³/mol. The van der Waals surface area contributed by atoms with Gasteiger partial charge in [0.15, 0.2) is 17.0 Å². The van der Waals surface area contributed by atoms with Crippen LogP contribution in [-0.4, -0.2) is 30.4 Å². The number of nitrogen functional groups attached to an aromatic ring is 2. The Labute approximate surface area is 130 Å². The molecule has 0 fully saturated rings. The van der Waals surface area contributed by atoms with Gasteiger partial charge in [0.05, 0.1) is 18.4 Å². The van der Waals surface area contributed by atoms with Crippen LogP contribution in [0.1, 0.15) is 5.69 Å². The van der Waals surface area contributed by atoms with Gasteiger partial charge in [-0.2, -0.15) is 9.97 Å². The zero-order valence-electron chi connectivity index (χ0n) is 11.9. The Bertz CT molecular complexity index is 854. The van der Waals surface area contributed by atoms with Crippen LogP contribution in [0.15, 0.2) is 30.5 Å². The zero-order chi connectivity index (χ0) is 16.4. The molecule has 0 aliphatic carbocycles. The normalized spacial score (nSPS) is 10.7. The fraction of sp³-hybridized carbons (Fsp3) is 0.0769. The number of rotatable bonds is 4. The third-order valence-electron chi connectivity index (χ3n) is 3.07. The quantitative estimate of drug-likeness (QED) is 0.384. The first-order valence-corrected chi connectivity index (χ1v) is 6.62. The van der Waals surface area contributed by atoms with Crippen LogP contribution in [0.25, 0.3) is 11.2 Å². The van der Waals surface area contributed by atoms with Gasteiger partial charge in [-0.15, -0.1) is 0 Å². The van der Waals surface area contributed by atoms with Gasteiger partial charge in [0.1, 0.15) is 5.69 Å². The maximum atomic E-state index is 9.12. The van der Waals surface area contributed by atoms with Crippen molar-refractivity contribution in [2.45, 2.75) is 6.54 Å². The summed E-state index contributed by atoms with van der Waals surface area (Å²) in [5, 5.41) is 19.7. The summed E-state index contributed by atoms with van der Waals surface area (Å²) in [7, 11) is 0. The Morgan fingerprint density at radius 1 is 1.22 bits per heavy atom. The molecule has 0 atom stereocenters. The Hall–Kier alpha value is -3.24. The summed E-state index contributed by atoms with van der Waals surface area (Å²) in [6.07, 6.45) is 1.56. The Morgan fingerprint density at radius 2 is 2.04 bits per heavy atom. The van der Waals surface area contributed by atoms with Gasteiger partial charge in [-0.05, 0) is 23.4 Å². The summed E-state index contributed by atoms with van der Waals surface area (Å²) in [6.45, 7) is 0.375. The molecular weight excluding hydrogens is 300 g/mol. The second-order valence-corrected chi connectivity index (χ2v) is 4.72. The van der Waals surface area contributed by atoms with E-state index in [9.17, 15) is 0 Å². The summed E-state index contributed by atoms with van der Waals surface area (Å²) in [5.41, 5.74) is 13.7. The van der Waals surface area contributed by atoms with E-state index in [1.165, 1.54) is 0 Å². The summed E-state index contributed by atoms with van der Waals surface area (Å²) in [4.78, 5) is 16.4. The summed E-state index contributed by atoms with van der Waals surface area (Å²) >= 11 is 0. The average Bonchev–Trinajstić information content (AvgIpc) is 2.53. The Morgan fingerprint density at radius 3 is 2.83 bits per heavy atom. The largest absolute Gasteiger partial charge is 0.382 e. The molecule has 3 aromatic rings. The lowest BCUT2D eigenvalue weighted by molar-refractivity contribution is 0.0292. The minimum Gasteiger partial charge on any atom is -0.382 e. The Balaban J connectivity index is 1.81. The van der Waals surface area contributed by atoms with E-state index >= 15 is 0 Å². The number of benzene rings is 1. The molecule has 8 N–H and O–H groups in total. The first kappa shape index (κ1) is 14.7. The van der Waals surface area contributed by atoms with Crippen molar-refractivity contribution in [2.24, 2.45) is 0 Å². The first-order chi connectivity index (χ1) is 11.0. The molecule has 10 heteroatoms.